The number of rotatable bonds is 6. The van der Waals surface area contributed by atoms with E-state index >= 15 is 0 Å². The highest BCUT2D eigenvalue weighted by Crippen LogP contribution is 2.34. The third kappa shape index (κ3) is 3.33. The van der Waals surface area contributed by atoms with Crippen LogP contribution in [0.2, 0.25) is 0 Å². The van der Waals surface area contributed by atoms with Gasteiger partial charge in [0.2, 0.25) is 0 Å². The Hall–Kier alpha value is -1.80. The lowest BCUT2D eigenvalue weighted by Gasteiger charge is -2.17. The number of hydrogen-bond acceptors (Lipinski definition) is 2. The average Bonchev–Trinajstić information content (AvgIpc) is 2.85. The van der Waals surface area contributed by atoms with Crippen molar-refractivity contribution in [3.63, 3.8) is 0 Å². The molecule has 0 bridgehead atoms. The second-order valence-corrected chi connectivity index (χ2v) is 6.22. The van der Waals surface area contributed by atoms with Crippen molar-refractivity contribution in [3.8, 4) is 5.75 Å². The fourth-order valence-electron chi connectivity index (χ4n) is 3.28. The molecule has 2 nitrogen and oxygen atoms in total. The zero-order valence-corrected chi connectivity index (χ0v) is 13.3. The lowest BCUT2D eigenvalue weighted by Crippen LogP contribution is -2.26. The summed E-state index contributed by atoms with van der Waals surface area (Å²) < 4.78 is 5.72. The number of fused-ring (bicyclic) bond motifs is 1. The van der Waals surface area contributed by atoms with Gasteiger partial charge in [-0.15, -0.1) is 0 Å². The fraction of sp³-hybridized carbons (Fsp3) is 0.400. The molecule has 1 aliphatic rings. The Morgan fingerprint density at radius 2 is 1.86 bits per heavy atom. The molecule has 1 aliphatic carbocycles. The van der Waals surface area contributed by atoms with Crippen molar-refractivity contribution in [2.24, 2.45) is 5.73 Å². The zero-order valence-electron chi connectivity index (χ0n) is 13.3. The Morgan fingerprint density at radius 3 is 2.64 bits per heavy atom. The minimum atomic E-state index is 0.234. The number of ether oxygens (including phenoxy) is 1. The minimum Gasteiger partial charge on any atom is -0.494 e. The van der Waals surface area contributed by atoms with Crippen molar-refractivity contribution >= 4 is 0 Å². The van der Waals surface area contributed by atoms with Crippen LogP contribution in [0.4, 0.5) is 0 Å². The fourth-order valence-corrected chi connectivity index (χ4v) is 3.28. The molecule has 2 heteroatoms. The second-order valence-electron chi connectivity index (χ2n) is 6.22. The van der Waals surface area contributed by atoms with Gasteiger partial charge in [-0.2, -0.15) is 0 Å². The Balaban J connectivity index is 1.66. The summed E-state index contributed by atoms with van der Waals surface area (Å²) in [6, 6.07) is 17.4. The van der Waals surface area contributed by atoms with Gasteiger partial charge in [-0.05, 0) is 48.1 Å². The lowest BCUT2D eigenvalue weighted by atomic mass is 9.91. The van der Waals surface area contributed by atoms with Gasteiger partial charge in [0.15, 0.2) is 0 Å². The summed E-state index contributed by atoms with van der Waals surface area (Å²) in [5, 5.41) is 0. The molecule has 0 unspecified atom stereocenters. The molecule has 0 aliphatic heterocycles. The molecule has 0 spiro atoms. The molecular formula is C20H25NO. The third-order valence-electron chi connectivity index (χ3n) is 4.57. The van der Waals surface area contributed by atoms with Crippen LogP contribution in [0, 0.1) is 0 Å². The van der Waals surface area contributed by atoms with Crippen LogP contribution in [0.1, 0.15) is 42.4 Å². The molecule has 2 aromatic carbocycles. The molecule has 0 amide bonds. The van der Waals surface area contributed by atoms with E-state index in [0.29, 0.717) is 5.92 Å². The van der Waals surface area contributed by atoms with Crippen LogP contribution in [0.15, 0.2) is 48.5 Å². The van der Waals surface area contributed by atoms with Gasteiger partial charge in [-0.1, -0.05) is 49.7 Å². The smallest absolute Gasteiger partial charge is 0.119 e. The first-order valence-electron chi connectivity index (χ1n) is 8.33. The molecule has 2 atom stereocenters. The van der Waals surface area contributed by atoms with Gasteiger partial charge in [-0.3, -0.25) is 0 Å². The van der Waals surface area contributed by atoms with Crippen LogP contribution < -0.4 is 10.5 Å². The predicted molar refractivity (Wildman–Crippen MR) is 91.4 cm³/mol. The van der Waals surface area contributed by atoms with Crippen molar-refractivity contribution in [1.82, 2.24) is 0 Å². The molecule has 2 N–H and O–H groups in total. The first-order valence-corrected chi connectivity index (χ1v) is 8.33. The van der Waals surface area contributed by atoms with E-state index in [2.05, 4.69) is 55.5 Å². The number of unbranched alkanes of at least 4 members (excludes halogenated alkanes) is 1. The van der Waals surface area contributed by atoms with E-state index in [1.54, 1.807) is 0 Å². The van der Waals surface area contributed by atoms with Gasteiger partial charge in [0.25, 0.3) is 0 Å². The summed E-state index contributed by atoms with van der Waals surface area (Å²) in [6.45, 7) is 2.98. The third-order valence-corrected chi connectivity index (χ3v) is 4.57. The molecule has 2 aromatic rings. The summed E-state index contributed by atoms with van der Waals surface area (Å²) in [5.74, 6) is 1.40. The van der Waals surface area contributed by atoms with Gasteiger partial charge in [0, 0.05) is 12.0 Å². The van der Waals surface area contributed by atoms with E-state index in [9.17, 15) is 0 Å². The highest BCUT2D eigenvalue weighted by Gasteiger charge is 2.29. The summed E-state index contributed by atoms with van der Waals surface area (Å²) in [6.07, 6.45) is 4.28. The summed E-state index contributed by atoms with van der Waals surface area (Å²) >= 11 is 0. The Bertz CT molecular complexity index is 605. The summed E-state index contributed by atoms with van der Waals surface area (Å²) in [5.41, 5.74) is 10.5. The first-order chi connectivity index (χ1) is 10.8. The quantitative estimate of drug-likeness (QED) is 0.815. The molecule has 0 radical (unpaired) electrons. The van der Waals surface area contributed by atoms with Crippen molar-refractivity contribution in [2.45, 2.75) is 44.6 Å². The number of hydrogen-bond donors (Lipinski definition) is 1. The van der Waals surface area contributed by atoms with Gasteiger partial charge in [0.1, 0.15) is 5.75 Å². The molecule has 3 rings (SSSR count). The molecule has 0 fully saturated rings. The van der Waals surface area contributed by atoms with Crippen molar-refractivity contribution < 1.29 is 4.74 Å². The van der Waals surface area contributed by atoms with Crippen LogP contribution in [-0.4, -0.2) is 12.6 Å². The largest absolute Gasteiger partial charge is 0.494 e. The Labute approximate surface area is 133 Å². The van der Waals surface area contributed by atoms with Crippen LogP contribution >= 0.6 is 0 Å². The standard InChI is InChI=1S/C20H25NO/c1-2-3-12-22-17-10-8-15(9-11-17)13-19-18-7-5-4-6-16(18)14-20(19)21/h4-11,19-20H,2-3,12-14,21H2,1H3/t19-,20+/m1/s1. The van der Waals surface area contributed by atoms with E-state index < -0.39 is 0 Å². The van der Waals surface area contributed by atoms with Gasteiger partial charge >= 0.3 is 0 Å². The molecule has 116 valence electrons. The van der Waals surface area contributed by atoms with Crippen molar-refractivity contribution in [3.05, 3.63) is 65.2 Å². The maximum atomic E-state index is 6.36. The first kappa shape index (κ1) is 15.1. The van der Waals surface area contributed by atoms with Crippen molar-refractivity contribution in [2.75, 3.05) is 6.61 Å². The van der Waals surface area contributed by atoms with Crippen LogP contribution in [0.25, 0.3) is 0 Å². The van der Waals surface area contributed by atoms with Crippen molar-refractivity contribution in [1.29, 1.82) is 0 Å². The molecule has 0 saturated carbocycles. The maximum Gasteiger partial charge on any atom is 0.119 e. The van der Waals surface area contributed by atoms with E-state index in [1.807, 2.05) is 0 Å². The molecular weight excluding hydrogens is 270 g/mol. The minimum absolute atomic E-state index is 0.234. The molecule has 0 heterocycles. The summed E-state index contributed by atoms with van der Waals surface area (Å²) in [7, 11) is 0. The Morgan fingerprint density at radius 1 is 1.09 bits per heavy atom. The van der Waals surface area contributed by atoms with Gasteiger partial charge in [0.05, 0.1) is 6.61 Å². The topological polar surface area (TPSA) is 35.2 Å². The predicted octanol–water partition coefficient (Wildman–Crippen LogP) is 4.08. The van der Waals surface area contributed by atoms with Crippen LogP contribution in [0.5, 0.6) is 5.75 Å². The van der Waals surface area contributed by atoms with Gasteiger partial charge < -0.3 is 10.5 Å². The average molecular weight is 295 g/mol. The van der Waals surface area contributed by atoms with Crippen LogP contribution in [0.3, 0.4) is 0 Å². The zero-order chi connectivity index (χ0) is 15.4. The number of nitrogens with two attached hydrogens (primary N) is 1. The van der Waals surface area contributed by atoms with Crippen LogP contribution in [-0.2, 0) is 12.8 Å². The van der Waals surface area contributed by atoms with E-state index in [1.165, 1.54) is 16.7 Å². The number of benzene rings is 2. The second kappa shape index (κ2) is 6.97. The molecule has 0 aromatic heterocycles. The highest BCUT2D eigenvalue weighted by molar-refractivity contribution is 5.39. The van der Waals surface area contributed by atoms with E-state index in [0.717, 1.165) is 38.0 Å². The van der Waals surface area contributed by atoms with E-state index in [4.69, 9.17) is 10.5 Å². The summed E-state index contributed by atoms with van der Waals surface area (Å²) in [4.78, 5) is 0. The SMILES string of the molecule is CCCCOc1ccc(C[C@@H]2c3ccccc3C[C@@H]2N)cc1. The lowest BCUT2D eigenvalue weighted by molar-refractivity contribution is 0.309. The molecule has 22 heavy (non-hydrogen) atoms. The normalized spacial score (nSPS) is 19.9. The monoisotopic (exact) mass is 295 g/mol. The Kier molecular flexibility index (Phi) is 4.79. The maximum absolute atomic E-state index is 6.36. The van der Waals surface area contributed by atoms with E-state index in [-0.39, 0.29) is 6.04 Å². The molecule has 0 saturated heterocycles. The highest BCUT2D eigenvalue weighted by atomic mass is 16.5. The van der Waals surface area contributed by atoms with Gasteiger partial charge in [-0.25, -0.2) is 0 Å².